The summed E-state index contributed by atoms with van der Waals surface area (Å²) in [6.07, 6.45) is 4.48. The first-order chi connectivity index (χ1) is 12.5. The van der Waals surface area contributed by atoms with Gasteiger partial charge < -0.3 is 10.2 Å². The Balaban J connectivity index is 1.57. The maximum Gasteiger partial charge on any atom is 0.231 e. The Hall–Kier alpha value is -2.28. The second-order valence-corrected chi connectivity index (χ2v) is 7.57. The summed E-state index contributed by atoms with van der Waals surface area (Å²) in [6.45, 7) is 3.05. The van der Waals surface area contributed by atoms with E-state index in [4.69, 9.17) is 0 Å². The van der Waals surface area contributed by atoms with Crippen molar-refractivity contribution < 1.29 is 14.0 Å². The molecule has 1 aromatic carbocycles. The maximum absolute atomic E-state index is 13.0. The van der Waals surface area contributed by atoms with E-state index in [9.17, 15) is 14.0 Å². The van der Waals surface area contributed by atoms with Crippen molar-refractivity contribution in [2.45, 2.75) is 32.6 Å². The topological polar surface area (TPSA) is 62.3 Å². The molecule has 138 valence electrons. The van der Waals surface area contributed by atoms with Gasteiger partial charge in [0, 0.05) is 37.0 Å². The van der Waals surface area contributed by atoms with Crippen molar-refractivity contribution in [2.75, 3.05) is 18.4 Å². The average Bonchev–Trinajstić information content (AvgIpc) is 3.09. The molecule has 2 amide bonds. The molecule has 1 N–H and O–H groups in total. The first kappa shape index (κ1) is 18.5. The third-order valence-corrected chi connectivity index (χ3v) is 5.44. The fourth-order valence-corrected chi connectivity index (χ4v) is 3.95. The van der Waals surface area contributed by atoms with Crippen LogP contribution in [-0.2, 0) is 16.0 Å². The molecule has 26 heavy (non-hydrogen) atoms. The van der Waals surface area contributed by atoms with Gasteiger partial charge in [-0.15, -0.1) is 11.3 Å². The summed E-state index contributed by atoms with van der Waals surface area (Å²) < 4.78 is 13.0. The molecule has 0 aliphatic carbocycles. The molecule has 1 saturated heterocycles. The van der Waals surface area contributed by atoms with Crippen molar-refractivity contribution in [3.8, 4) is 0 Å². The molecule has 1 fully saturated rings. The number of carbonyl (C=O) groups is 2. The van der Waals surface area contributed by atoms with E-state index in [1.165, 1.54) is 23.5 Å². The number of rotatable bonds is 5. The average molecular weight is 375 g/mol. The number of nitrogens with zero attached hydrogens (tertiary/aromatic N) is 2. The summed E-state index contributed by atoms with van der Waals surface area (Å²) >= 11 is 1.42. The van der Waals surface area contributed by atoms with E-state index < -0.39 is 0 Å². The standard InChI is InChI=1S/C19H22FN3O2S/c1-2-17(24)23-9-3-4-14(12-23)18(25)22-19-21-11-16(26-19)10-13-5-7-15(20)8-6-13/h5-8,11,14H,2-4,9-10,12H2,1H3,(H,21,22,25). The summed E-state index contributed by atoms with van der Waals surface area (Å²) in [5.74, 6) is -0.433. The quantitative estimate of drug-likeness (QED) is 0.871. The Kier molecular flexibility index (Phi) is 5.98. The molecular formula is C19H22FN3O2S. The lowest BCUT2D eigenvalue weighted by molar-refractivity contribution is -0.134. The van der Waals surface area contributed by atoms with Gasteiger partial charge in [-0.1, -0.05) is 19.1 Å². The van der Waals surface area contributed by atoms with Gasteiger partial charge in [-0.25, -0.2) is 9.37 Å². The van der Waals surface area contributed by atoms with Crippen molar-refractivity contribution in [1.29, 1.82) is 0 Å². The van der Waals surface area contributed by atoms with E-state index in [0.717, 1.165) is 29.8 Å². The lowest BCUT2D eigenvalue weighted by atomic mass is 9.97. The summed E-state index contributed by atoms with van der Waals surface area (Å²) in [5.41, 5.74) is 0.994. The second-order valence-electron chi connectivity index (χ2n) is 6.46. The van der Waals surface area contributed by atoms with Gasteiger partial charge in [-0.05, 0) is 30.5 Å². The highest BCUT2D eigenvalue weighted by molar-refractivity contribution is 7.15. The van der Waals surface area contributed by atoms with Crippen LogP contribution in [0.4, 0.5) is 9.52 Å². The summed E-state index contributed by atoms with van der Waals surface area (Å²) in [4.78, 5) is 31.4. The maximum atomic E-state index is 13.0. The molecule has 0 saturated carbocycles. The molecular weight excluding hydrogens is 353 g/mol. The predicted molar refractivity (Wildman–Crippen MR) is 99.5 cm³/mol. The molecule has 1 aromatic heterocycles. The number of thiazole rings is 1. The highest BCUT2D eigenvalue weighted by atomic mass is 32.1. The van der Waals surface area contributed by atoms with Gasteiger partial charge in [0.05, 0.1) is 5.92 Å². The van der Waals surface area contributed by atoms with Crippen LogP contribution < -0.4 is 5.32 Å². The number of halogens is 1. The van der Waals surface area contributed by atoms with Crippen molar-refractivity contribution >= 4 is 28.3 Å². The predicted octanol–water partition coefficient (Wildman–Crippen LogP) is 3.46. The van der Waals surface area contributed by atoms with Crippen LogP contribution in [0.25, 0.3) is 0 Å². The third-order valence-electron chi connectivity index (χ3n) is 4.52. The van der Waals surface area contributed by atoms with Gasteiger partial charge in [0.1, 0.15) is 5.82 Å². The highest BCUT2D eigenvalue weighted by Gasteiger charge is 2.28. The molecule has 1 aliphatic rings. The number of nitrogens with one attached hydrogen (secondary N) is 1. The number of anilines is 1. The second kappa shape index (κ2) is 8.40. The molecule has 3 rings (SSSR count). The Bertz CT molecular complexity index is 775. The molecule has 0 radical (unpaired) electrons. The van der Waals surface area contributed by atoms with Gasteiger partial charge >= 0.3 is 0 Å². The number of amides is 2. The molecule has 1 unspecified atom stereocenters. The van der Waals surface area contributed by atoms with E-state index >= 15 is 0 Å². The lowest BCUT2D eigenvalue weighted by Crippen LogP contribution is -2.43. The molecule has 2 heterocycles. The number of hydrogen-bond donors (Lipinski definition) is 1. The summed E-state index contributed by atoms with van der Waals surface area (Å²) in [7, 11) is 0. The molecule has 1 aliphatic heterocycles. The summed E-state index contributed by atoms with van der Waals surface area (Å²) in [5, 5.41) is 3.44. The number of carbonyl (C=O) groups excluding carboxylic acids is 2. The van der Waals surface area contributed by atoms with Crippen LogP contribution >= 0.6 is 11.3 Å². The van der Waals surface area contributed by atoms with E-state index in [-0.39, 0.29) is 23.5 Å². The molecule has 2 aromatic rings. The van der Waals surface area contributed by atoms with Crippen molar-refractivity contribution in [1.82, 2.24) is 9.88 Å². The molecule has 1 atom stereocenters. The van der Waals surface area contributed by atoms with Gasteiger partial charge in [-0.2, -0.15) is 0 Å². The molecule has 0 spiro atoms. The third kappa shape index (κ3) is 4.66. The highest BCUT2D eigenvalue weighted by Crippen LogP contribution is 2.24. The minimum absolute atomic E-state index is 0.0821. The zero-order chi connectivity index (χ0) is 18.5. The SMILES string of the molecule is CCC(=O)N1CCCC(C(=O)Nc2ncc(Cc3ccc(F)cc3)s2)C1. The fraction of sp³-hybridized carbons (Fsp3) is 0.421. The van der Waals surface area contributed by atoms with Crippen LogP contribution in [0.5, 0.6) is 0 Å². The monoisotopic (exact) mass is 375 g/mol. The Morgan fingerprint density at radius 1 is 1.35 bits per heavy atom. The van der Waals surface area contributed by atoms with Gasteiger partial charge in [-0.3, -0.25) is 9.59 Å². The zero-order valence-corrected chi connectivity index (χ0v) is 15.5. The van der Waals surface area contributed by atoms with Crippen LogP contribution in [0, 0.1) is 11.7 Å². The minimum Gasteiger partial charge on any atom is -0.342 e. The van der Waals surface area contributed by atoms with Crippen LogP contribution in [0.2, 0.25) is 0 Å². The van der Waals surface area contributed by atoms with E-state index in [0.29, 0.717) is 24.5 Å². The van der Waals surface area contributed by atoms with Gasteiger partial charge in [0.15, 0.2) is 5.13 Å². The first-order valence-electron chi connectivity index (χ1n) is 8.83. The number of hydrogen-bond acceptors (Lipinski definition) is 4. The van der Waals surface area contributed by atoms with Crippen LogP contribution in [0.3, 0.4) is 0 Å². The Morgan fingerprint density at radius 3 is 2.85 bits per heavy atom. The lowest BCUT2D eigenvalue weighted by Gasteiger charge is -2.31. The largest absolute Gasteiger partial charge is 0.342 e. The zero-order valence-electron chi connectivity index (χ0n) is 14.7. The minimum atomic E-state index is -0.255. The Morgan fingerprint density at radius 2 is 2.12 bits per heavy atom. The van der Waals surface area contributed by atoms with Crippen LogP contribution in [-0.4, -0.2) is 34.8 Å². The van der Waals surface area contributed by atoms with E-state index in [1.807, 2.05) is 6.92 Å². The van der Waals surface area contributed by atoms with Crippen molar-refractivity contribution in [2.24, 2.45) is 5.92 Å². The fourth-order valence-electron chi connectivity index (χ4n) is 3.10. The first-order valence-corrected chi connectivity index (χ1v) is 9.64. The molecule has 7 heteroatoms. The van der Waals surface area contributed by atoms with Gasteiger partial charge in [0.25, 0.3) is 0 Å². The van der Waals surface area contributed by atoms with E-state index in [1.54, 1.807) is 23.2 Å². The Labute approximate surface area is 156 Å². The van der Waals surface area contributed by atoms with Crippen LogP contribution in [0.1, 0.15) is 36.6 Å². The molecule has 0 bridgehead atoms. The summed E-state index contributed by atoms with van der Waals surface area (Å²) in [6, 6.07) is 6.36. The van der Waals surface area contributed by atoms with Crippen LogP contribution in [0.15, 0.2) is 30.5 Å². The number of aromatic nitrogens is 1. The number of piperidine rings is 1. The normalized spacial score (nSPS) is 17.2. The number of benzene rings is 1. The number of likely N-dealkylation sites (tertiary alicyclic amines) is 1. The smallest absolute Gasteiger partial charge is 0.231 e. The van der Waals surface area contributed by atoms with Crippen molar-refractivity contribution in [3.63, 3.8) is 0 Å². The van der Waals surface area contributed by atoms with Crippen molar-refractivity contribution in [3.05, 3.63) is 46.7 Å². The molecule has 5 nitrogen and oxygen atoms in total. The van der Waals surface area contributed by atoms with E-state index in [2.05, 4.69) is 10.3 Å². The van der Waals surface area contributed by atoms with Gasteiger partial charge in [0.2, 0.25) is 11.8 Å².